The second-order valence-corrected chi connectivity index (χ2v) is 18.6. The molecule has 2 aliphatic rings. The van der Waals surface area contributed by atoms with Gasteiger partial charge in [-0.25, -0.2) is 18.2 Å². The van der Waals surface area contributed by atoms with Gasteiger partial charge in [-0.1, -0.05) is 51.4 Å². The van der Waals surface area contributed by atoms with E-state index in [1.165, 1.54) is 6.07 Å². The topological polar surface area (TPSA) is 0 Å². The number of rotatable bonds is 6. The molecule has 1 unspecified atom stereocenters. The van der Waals surface area contributed by atoms with Crippen LogP contribution in [0.1, 0.15) is 92.0 Å². The molecule has 0 heterocycles. The number of hydrogen-bond acceptors (Lipinski definition) is 0. The van der Waals surface area contributed by atoms with Gasteiger partial charge in [0.1, 0.15) is 0 Å². The molecule has 2 fully saturated rings. The molecule has 15 heteroatoms. The van der Waals surface area contributed by atoms with Crippen LogP contribution in [0.4, 0.5) is 52.7 Å². The van der Waals surface area contributed by atoms with Gasteiger partial charge in [-0.2, -0.15) is 88.6 Å². The van der Waals surface area contributed by atoms with Gasteiger partial charge in [-0.05, 0) is 85.3 Å². The summed E-state index contributed by atoms with van der Waals surface area (Å²) >= 11 is 0. The summed E-state index contributed by atoms with van der Waals surface area (Å²) in [5.74, 6) is 0. The third-order valence-electron chi connectivity index (χ3n) is 10.2. The van der Waals surface area contributed by atoms with Gasteiger partial charge in [-0.3, -0.25) is 0 Å². The molecule has 296 valence electrons. The van der Waals surface area contributed by atoms with Crippen molar-refractivity contribution in [1.82, 2.24) is 0 Å². The van der Waals surface area contributed by atoms with Gasteiger partial charge in [0.2, 0.25) is 0 Å². The van der Waals surface area contributed by atoms with E-state index in [-0.39, 0.29) is 34.5 Å². The first kappa shape index (κ1) is 44.4. The van der Waals surface area contributed by atoms with Crippen molar-refractivity contribution in [3.63, 3.8) is 0 Å². The molecule has 0 amide bonds. The number of alkyl halides is 12. The third-order valence-corrected chi connectivity index (χ3v) is 16.3. The maximum atomic E-state index is 14.1. The molecular weight excluding hydrogens is 814 g/mol. The molecule has 2 aliphatic carbocycles. The minimum absolute atomic E-state index is 0. The van der Waals surface area contributed by atoms with Crippen molar-refractivity contribution in [3.05, 3.63) is 113 Å². The first-order chi connectivity index (χ1) is 24.7. The van der Waals surface area contributed by atoms with Crippen molar-refractivity contribution in [3.8, 4) is 0 Å². The van der Waals surface area contributed by atoms with E-state index in [4.69, 9.17) is 0 Å². The standard InChI is InChI=1S/C34H33F12P2.C5H5.Fe/c1-47(25-9-4-2-5-10-25)30(13-6-3-7-14-30)28-11-8-12-29(28)48(26-17-21(31(35,36)37)15-22(18-26)32(38,39)40)27-19-23(33(41,42)43)16-24(20-27)34(44,45)46;1-2-4-5-3-1;/h8,11-12,15-20,25H,2-7,9-10,13-14H2,1H3;1-5H;/q2*-1;+2. The molecule has 0 bridgehead atoms. The van der Waals surface area contributed by atoms with Crippen molar-refractivity contribution in [2.75, 3.05) is 6.66 Å². The summed E-state index contributed by atoms with van der Waals surface area (Å²) < 4.78 is 169. The van der Waals surface area contributed by atoms with Crippen LogP contribution in [0.15, 0.2) is 84.9 Å². The van der Waals surface area contributed by atoms with Crippen LogP contribution in [0.25, 0.3) is 0 Å². The normalized spacial score (nSPS) is 17.7. The van der Waals surface area contributed by atoms with Crippen molar-refractivity contribution in [2.24, 2.45) is 0 Å². The molecule has 1 atom stereocenters. The molecule has 0 N–H and O–H groups in total. The second kappa shape index (κ2) is 17.4. The predicted molar refractivity (Wildman–Crippen MR) is 187 cm³/mol. The summed E-state index contributed by atoms with van der Waals surface area (Å²) in [5.41, 5.74) is -5.82. The maximum Gasteiger partial charge on any atom is 2.00 e. The zero-order valence-electron chi connectivity index (χ0n) is 29.0. The Labute approximate surface area is 319 Å². The van der Waals surface area contributed by atoms with Gasteiger partial charge in [0, 0.05) is 0 Å². The van der Waals surface area contributed by atoms with Crippen molar-refractivity contribution < 1.29 is 69.8 Å². The molecule has 0 radical (unpaired) electrons. The van der Waals surface area contributed by atoms with Crippen LogP contribution in [0.3, 0.4) is 0 Å². The Morgan fingerprint density at radius 1 is 0.574 bits per heavy atom. The molecule has 0 spiro atoms. The molecule has 0 saturated heterocycles. The molecule has 0 aliphatic heterocycles. The Bertz CT molecular complexity index is 1620. The Kier molecular flexibility index (Phi) is 14.3. The number of hydrogen-bond donors (Lipinski definition) is 0. The van der Waals surface area contributed by atoms with Gasteiger partial charge < -0.3 is 0 Å². The largest absolute Gasteiger partial charge is 2.00 e. The monoisotopic (exact) mass is 852 g/mol. The molecule has 0 aromatic heterocycles. The average Bonchev–Trinajstić information content (AvgIpc) is 3.84. The van der Waals surface area contributed by atoms with Crippen LogP contribution in [0.5, 0.6) is 0 Å². The molecular formula is C39H38F12FeP2. The van der Waals surface area contributed by atoms with Crippen LogP contribution in [-0.4, -0.2) is 12.3 Å². The van der Waals surface area contributed by atoms with Crippen LogP contribution in [0.2, 0.25) is 0 Å². The Morgan fingerprint density at radius 3 is 1.35 bits per heavy atom. The SMILES string of the molecule is CP(C1CCCCC1)C1(c2cc[cH-]c2P(c2cc(C(F)(F)F)cc(C(F)(F)F)c2)c2cc(C(F)(F)F)cc(C(F)(F)F)c2)CCCCC1.[Fe+2].c1cc[cH-]c1. The van der Waals surface area contributed by atoms with E-state index >= 15 is 0 Å². The zero-order valence-corrected chi connectivity index (χ0v) is 31.9. The van der Waals surface area contributed by atoms with E-state index < -0.39 is 78.6 Å². The average molecular weight is 853 g/mol. The number of halogens is 12. The summed E-state index contributed by atoms with van der Waals surface area (Å²) in [6.07, 6.45) is -12.3. The van der Waals surface area contributed by atoms with E-state index in [0.717, 1.165) is 51.4 Å². The molecule has 0 nitrogen and oxygen atoms in total. The molecule has 4 aromatic rings. The molecule has 54 heavy (non-hydrogen) atoms. The van der Waals surface area contributed by atoms with Crippen LogP contribution >= 0.6 is 15.8 Å². The van der Waals surface area contributed by atoms with E-state index in [2.05, 4.69) is 6.66 Å². The van der Waals surface area contributed by atoms with Crippen molar-refractivity contribution in [2.45, 2.75) is 99.7 Å². The fourth-order valence-corrected chi connectivity index (χ4v) is 13.9. The minimum Gasteiger partial charge on any atom is -0.214 e. The molecule has 2 saturated carbocycles. The summed E-state index contributed by atoms with van der Waals surface area (Å²) in [6, 6.07) is 16.3. The van der Waals surface area contributed by atoms with E-state index in [1.54, 1.807) is 12.1 Å². The van der Waals surface area contributed by atoms with E-state index in [0.29, 0.717) is 48.3 Å². The Morgan fingerprint density at radius 2 is 0.981 bits per heavy atom. The summed E-state index contributed by atoms with van der Waals surface area (Å²) in [7, 11) is -3.61. The van der Waals surface area contributed by atoms with Gasteiger partial charge in [0.05, 0.1) is 22.3 Å². The first-order valence-electron chi connectivity index (χ1n) is 17.3. The van der Waals surface area contributed by atoms with E-state index in [9.17, 15) is 52.7 Å². The molecule has 6 rings (SSSR count). The summed E-state index contributed by atoms with van der Waals surface area (Å²) in [4.78, 5) is 0. The first-order valence-corrected chi connectivity index (χ1v) is 20.5. The van der Waals surface area contributed by atoms with Gasteiger partial charge in [0.15, 0.2) is 0 Å². The maximum absolute atomic E-state index is 14.1. The smallest absolute Gasteiger partial charge is 0.214 e. The van der Waals surface area contributed by atoms with Crippen LogP contribution in [0, 0.1) is 0 Å². The predicted octanol–water partition coefficient (Wildman–Crippen LogP) is 13.2. The van der Waals surface area contributed by atoms with E-state index in [1.807, 2.05) is 30.3 Å². The van der Waals surface area contributed by atoms with Gasteiger partial charge >= 0.3 is 41.8 Å². The third kappa shape index (κ3) is 10.3. The Hall–Kier alpha value is -2.32. The van der Waals surface area contributed by atoms with Gasteiger partial charge in [0.25, 0.3) is 0 Å². The van der Waals surface area contributed by atoms with Crippen LogP contribution in [-0.2, 0) is 46.9 Å². The zero-order chi connectivity index (χ0) is 38.8. The van der Waals surface area contributed by atoms with Crippen molar-refractivity contribution in [1.29, 1.82) is 0 Å². The number of benzene rings is 2. The Balaban J connectivity index is 0.000001000. The van der Waals surface area contributed by atoms with Gasteiger partial charge in [-0.15, -0.1) is 13.2 Å². The second-order valence-electron chi connectivity index (χ2n) is 13.6. The summed E-state index contributed by atoms with van der Waals surface area (Å²) in [5, 5.41) is -1.61. The summed E-state index contributed by atoms with van der Waals surface area (Å²) in [6.45, 7) is 2.15. The minimum atomic E-state index is -5.28. The fraction of sp³-hybridized carbons (Fsp3) is 0.436. The van der Waals surface area contributed by atoms with Crippen LogP contribution < -0.4 is 15.9 Å². The molecule has 4 aromatic carbocycles. The fourth-order valence-electron chi connectivity index (χ4n) is 7.65. The quantitative estimate of drug-likeness (QED) is 0.0785. The van der Waals surface area contributed by atoms with Crippen molar-refractivity contribution >= 4 is 31.8 Å².